The normalized spacial score (nSPS) is 18.1. The monoisotopic (exact) mass is 351 g/mol. The van der Waals surface area contributed by atoms with E-state index in [1.807, 2.05) is 32.1 Å². The average molecular weight is 352 g/mol. The van der Waals surface area contributed by atoms with Gasteiger partial charge < -0.3 is 10.2 Å². The molecule has 0 aliphatic carbocycles. The van der Waals surface area contributed by atoms with E-state index in [0.29, 0.717) is 12.6 Å². The molecule has 1 aliphatic rings. The van der Waals surface area contributed by atoms with E-state index >= 15 is 0 Å². The zero-order valence-electron chi connectivity index (χ0n) is 15.4. The van der Waals surface area contributed by atoms with Crippen LogP contribution in [0.3, 0.4) is 0 Å². The molecule has 2 rings (SSSR count). The molecular formula is C18H29N3O2S. The summed E-state index contributed by atoms with van der Waals surface area (Å²) in [6.07, 6.45) is 2.00. The minimum absolute atomic E-state index is 0.00353. The molecular weight excluding hydrogens is 322 g/mol. The summed E-state index contributed by atoms with van der Waals surface area (Å²) in [7, 11) is 1.70. The van der Waals surface area contributed by atoms with Crippen molar-refractivity contribution in [2.45, 2.75) is 52.1 Å². The third-order valence-electron chi connectivity index (χ3n) is 4.25. The van der Waals surface area contributed by atoms with Crippen LogP contribution < -0.4 is 5.32 Å². The molecule has 1 aromatic heterocycles. The number of rotatable bonds is 5. The molecule has 2 amide bonds. The Hall–Kier alpha value is -1.40. The second-order valence-corrected chi connectivity index (χ2v) is 8.49. The van der Waals surface area contributed by atoms with Gasteiger partial charge in [0, 0.05) is 30.1 Å². The van der Waals surface area contributed by atoms with Gasteiger partial charge in [-0.3, -0.25) is 14.5 Å². The lowest BCUT2D eigenvalue weighted by molar-refractivity contribution is -0.136. The summed E-state index contributed by atoms with van der Waals surface area (Å²) in [5.74, 6) is -0.125. The van der Waals surface area contributed by atoms with Crippen molar-refractivity contribution in [1.29, 1.82) is 0 Å². The number of carbonyl (C=O) groups excluding carboxylic acids is 2. The molecule has 5 nitrogen and oxygen atoms in total. The standard InChI is InChI=1S/C18H29N3O2S/c1-6-14-13-8-10-24-15(13)7-9-21(14)12-17(23)20(5)11-16(22)19-18(2,3)4/h8,10,14H,6-7,9,11-12H2,1-5H3,(H,19,22). The first kappa shape index (κ1) is 18.9. The summed E-state index contributed by atoms with van der Waals surface area (Å²) >= 11 is 1.81. The van der Waals surface area contributed by atoms with Crippen molar-refractivity contribution in [1.82, 2.24) is 15.1 Å². The van der Waals surface area contributed by atoms with Gasteiger partial charge in [0.2, 0.25) is 11.8 Å². The molecule has 1 aromatic rings. The van der Waals surface area contributed by atoms with Gasteiger partial charge in [0.1, 0.15) is 0 Å². The Labute approximate surface area is 149 Å². The number of nitrogens with one attached hydrogen (secondary N) is 1. The summed E-state index contributed by atoms with van der Waals surface area (Å²) in [4.78, 5) is 29.7. The second-order valence-electron chi connectivity index (χ2n) is 7.49. The zero-order chi connectivity index (χ0) is 17.9. The molecule has 1 unspecified atom stereocenters. The quantitative estimate of drug-likeness (QED) is 0.886. The van der Waals surface area contributed by atoms with Crippen molar-refractivity contribution in [3.05, 3.63) is 21.9 Å². The van der Waals surface area contributed by atoms with Crippen LogP contribution in [0.15, 0.2) is 11.4 Å². The number of carbonyl (C=O) groups is 2. The first-order chi connectivity index (χ1) is 11.2. The second kappa shape index (κ2) is 7.66. The predicted molar refractivity (Wildman–Crippen MR) is 98.2 cm³/mol. The number of amides is 2. The fourth-order valence-electron chi connectivity index (χ4n) is 3.17. The van der Waals surface area contributed by atoms with Crippen LogP contribution in [-0.2, 0) is 16.0 Å². The topological polar surface area (TPSA) is 52.7 Å². The van der Waals surface area contributed by atoms with Gasteiger partial charge in [-0.25, -0.2) is 0 Å². The van der Waals surface area contributed by atoms with E-state index in [1.54, 1.807) is 7.05 Å². The van der Waals surface area contributed by atoms with Crippen LogP contribution in [0.2, 0.25) is 0 Å². The number of nitrogens with zero attached hydrogens (tertiary/aromatic N) is 2. The van der Waals surface area contributed by atoms with Crippen molar-refractivity contribution in [2.24, 2.45) is 0 Å². The van der Waals surface area contributed by atoms with Gasteiger partial charge in [0.25, 0.3) is 0 Å². The zero-order valence-corrected chi connectivity index (χ0v) is 16.2. The maximum absolute atomic E-state index is 12.5. The molecule has 1 N–H and O–H groups in total. The van der Waals surface area contributed by atoms with E-state index in [9.17, 15) is 9.59 Å². The van der Waals surface area contributed by atoms with E-state index in [0.717, 1.165) is 19.4 Å². The minimum atomic E-state index is -0.281. The van der Waals surface area contributed by atoms with Gasteiger partial charge in [0.15, 0.2) is 0 Å². The van der Waals surface area contributed by atoms with Gasteiger partial charge in [-0.2, -0.15) is 0 Å². The molecule has 0 saturated heterocycles. The maximum Gasteiger partial charge on any atom is 0.240 e. The van der Waals surface area contributed by atoms with Gasteiger partial charge in [-0.1, -0.05) is 6.92 Å². The van der Waals surface area contributed by atoms with E-state index in [1.165, 1.54) is 15.3 Å². The molecule has 0 spiro atoms. The van der Waals surface area contributed by atoms with Crippen LogP contribution in [-0.4, -0.2) is 53.8 Å². The predicted octanol–water partition coefficient (Wildman–Crippen LogP) is 2.43. The Kier molecular flexibility index (Phi) is 6.04. The molecule has 0 radical (unpaired) electrons. The fraction of sp³-hybridized carbons (Fsp3) is 0.667. The third kappa shape index (κ3) is 4.80. The molecule has 24 heavy (non-hydrogen) atoms. The summed E-state index contributed by atoms with van der Waals surface area (Å²) in [6.45, 7) is 9.34. The Morgan fingerprint density at radius 2 is 2.12 bits per heavy atom. The Bertz CT molecular complexity index is 591. The lowest BCUT2D eigenvalue weighted by Gasteiger charge is -2.35. The number of hydrogen-bond acceptors (Lipinski definition) is 4. The van der Waals surface area contributed by atoms with Crippen LogP contribution in [0, 0.1) is 0 Å². The molecule has 0 fully saturated rings. The molecule has 1 atom stereocenters. The average Bonchev–Trinajstić information content (AvgIpc) is 2.93. The molecule has 0 bridgehead atoms. The fourth-order valence-corrected chi connectivity index (χ4v) is 4.10. The van der Waals surface area contributed by atoms with Crippen LogP contribution >= 0.6 is 11.3 Å². The minimum Gasteiger partial charge on any atom is -0.350 e. The Balaban J connectivity index is 1.93. The van der Waals surface area contributed by atoms with Crippen LogP contribution in [0.4, 0.5) is 0 Å². The van der Waals surface area contributed by atoms with Crippen molar-refractivity contribution in [3.8, 4) is 0 Å². The summed E-state index contributed by atoms with van der Waals surface area (Å²) < 4.78 is 0. The number of hydrogen-bond donors (Lipinski definition) is 1. The van der Waals surface area contributed by atoms with Crippen molar-refractivity contribution >= 4 is 23.2 Å². The molecule has 1 aliphatic heterocycles. The highest BCUT2D eigenvalue weighted by molar-refractivity contribution is 7.10. The summed E-state index contributed by atoms with van der Waals surface area (Å²) in [5.41, 5.74) is 1.09. The first-order valence-corrected chi connectivity index (χ1v) is 9.44. The molecule has 0 saturated carbocycles. The maximum atomic E-state index is 12.5. The molecule has 6 heteroatoms. The van der Waals surface area contributed by atoms with Crippen molar-refractivity contribution in [2.75, 3.05) is 26.7 Å². The van der Waals surface area contributed by atoms with Gasteiger partial charge in [-0.15, -0.1) is 11.3 Å². The van der Waals surface area contributed by atoms with Crippen molar-refractivity contribution < 1.29 is 9.59 Å². The SMILES string of the molecule is CCC1c2ccsc2CCN1CC(=O)N(C)CC(=O)NC(C)(C)C. The van der Waals surface area contributed by atoms with Crippen LogP contribution in [0.5, 0.6) is 0 Å². The van der Waals surface area contributed by atoms with E-state index in [2.05, 4.69) is 28.6 Å². The van der Waals surface area contributed by atoms with Gasteiger partial charge in [-0.05, 0) is 50.6 Å². The lowest BCUT2D eigenvalue weighted by Crippen LogP contribution is -2.48. The van der Waals surface area contributed by atoms with Gasteiger partial charge in [0.05, 0.1) is 13.1 Å². The summed E-state index contributed by atoms with van der Waals surface area (Å²) in [5, 5.41) is 5.03. The van der Waals surface area contributed by atoms with E-state index < -0.39 is 0 Å². The highest BCUT2D eigenvalue weighted by Crippen LogP contribution is 2.34. The number of likely N-dealkylation sites (N-methyl/N-ethyl adjacent to an activating group) is 1. The highest BCUT2D eigenvalue weighted by atomic mass is 32.1. The Morgan fingerprint density at radius 3 is 2.75 bits per heavy atom. The van der Waals surface area contributed by atoms with E-state index in [-0.39, 0.29) is 23.9 Å². The molecule has 134 valence electrons. The third-order valence-corrected chi connectivity index (χ3v) is 5.25. The molecule has 0 aromatic carbocycles. The number of thiophene rings is 1. The van der Waals surface area contributed by atoms with E-state index in [4.69, 9.17) is 0 Å². The lowest BCUT2D eigenvalue weighted by atomic mass is 9.98. The van der Waals surface area contributed by atoms with Crippen LogP contribution in [0.1, 0.15) is 50.6 Å². The first-order valence-electron chi connectivity index (χ1n) is 8.56. The Morgan fingerprint density at radius 1 is 1.42 bits per heavy atom. The number of fused-ring (bicyclic) bond motifs is 1. The van der Waals surface area contributed by atoms with Crippen LogP contribution in [0.25, 0.3) is 0 Å². The largest absolute Gasteiger partial charge is 0.350 e. The molecule has 2 heterocycles. The van der Waals surface area contributed by atoms with Crippen molar-refractivity contribution in [3.63, 3.8) is 0 Å². The summed E-state index contributed by atoms with van der Waals surface area (Å²) in [6, 6.07) is 2.49. The highest BCUT2D eigenvalue weighted by Gasteiger charge is 2.29. The smallest absolute Gasteiger partial charge is 0.240 e. The van der Waals surface area contributed by atoms with Gasteiger partial charge >= 0.3 is 0 Å².